The quantitative estimate of drug-likeness (QED) is 0.0591. The summed E-state index contributed by atoms with van der Waals surface area (Å²) in [6.07, 6.45) is -1.80. The Labute approximate surface area is 480 Å². The predicted octanol–water partition coefficient (Wildman–Crippen LogP) is 9.60. The Kier molecular flexibility index (Phi) is 22.0. The minimum atomic E-state index is -5.08. The Balaban J connectivity index is 0.000000174. The van der Waals surface area contributed by atoms with E-state index in [9.17, 15) is 27.6 Å². The maximum Gasteiger partial charge on any atom is 0.519 e. The third kappa shape index (κ3) is 20.9. The first-order valence-corrected chi connectivity index (χ1v) is 27.2. The van der Waals surface area contributed by atoms with E-state index < -0.39 is 41.3 Å². The third-order valence-electron chi connectivity index (χ3n) is 12.4. The molecule has 0 aliphatic carbocycles. The molecule has 25 heteroatoms. The van der Waals surface area contributed by atoms with E-state index in [1.807, 2.05) is 51.5 Å². The van der Waals surface area contributed by atoms with Crippen LogP contribution in [-0.4, -0.2) is 173 Å². The number of aromatic nitrogens is 6. The molecule has 3 fully saturated rings. The molecule has 0 radical (unpaired) electrons. The number of amides is 1. The summed E-state index contributed by atoms with van der Waals surface area (Å²) in [5, 5.41) is 36.0. The van der Waals surface area contributed by atoms with Crippen LogP contribution < -0.4 is 30.1 Å². The number of fused-ring (bicyclic) bond motifs is 3. The van der Waals surface area contributed by atoms with E-state index in [0.717, 1.165) is 99.8 Å². The van der Waals surface area contributed by atoms with E-state index in [2.05, 4.69) is 127 Å². The van der Waals surface area contributed by atoms with Gasteiger partial charge in [0.2, 0.25) is 0 Å². The lowest BCUT2D eigenvalue weighted by atomic mass is 10.2. The van der Waals surface area contributed by atoms with Crippen LogP contribution >= 0.6 is 0 Å². The second-order valence-corrected chi connectivity index (χ2v) is 22.4. The van der Waals surface area contributed by atoms with E-state index in [0.29, 0.717) is 13.1 Å². The fourth-order valence-corrected chi connectivity index (χ4v) is 8.46. The Morgan fingerprint density at radius 1 is 0.554 bits per heavy atom. The van der Waals surface area contributed by atoms with Crippen LogP contribution in [0, 0.1) is 0 Å². The number of carbonyl (C=O) groups excluding carboxylic acids is 3. The molecule has 22 nitrogen and oxygen atoms in total. The third-order valence-corrected chi connectivity index (χ3v) is 12.4. The van der Waals surface area contributed by atoms with Crippen molar-refractivity contribution < 1.29 is 61.1 Å². The normalized spacial score (nSPS) is 14.8. The molecular formula is C58H77F3N12O10. The lowest BCUT2D eigenvalue weighted by Crippen LogP contribution is -2.50. The van der Waals surface area contributed by atoms with E-state index >= 15 is 0 Å². The molecule has 3 aliphatic heterocycles. The molecule has 83 heavy (non-hydrogen) atoms. The predicted molar refractivity (Wildman–Crippen MR) is 311 cm³/mol. The number of rotatable bonds is 6. The first-order valence-electron chi connectivity index (χ1n) is 27.2. The SMILES string of the molecule is CC(C)(C)OC(=O)N1CCN(c2ccc3cn[nH]c3c2)CC1.CC(C)(C)OC(=O)OC(=O)OC(C)(C)C.COc1ccc(Cn2ncc3ccc(N4CCNCC4)cc32)cc1.O=C(O)C(F)(F)F.c1cc2cn[nH]c2cc1N1CCNCC1. The number of alkyl halides is 3. The highest BCUT2D eigenvalue weighted by molar-refractivity contribution is 5.84. The number of aliphatic carboxylic acids is 1. The van der Waals surface area contributed by atoms with Gasteiger partial charge < -0.3 is 59.0 Å². The Morgan fingerprint density at radius 3 is 1.40 bits per heavy atom. The fraction of sp³-hybridized carbons (Fsp3) is 0.466. The van der Waals surface area contributed by atoms with Crippen LogP contribution in [0.5, 0.6) is 5.75 Å². The number of H-pyrrole nitrogens is 2. The molecule has 0 bridgehead atoms. The molecule has 1 amide bonds. The summed E-state index contributed by atoms with van der Waals surface area (Å²) < 4.78 is 58.3. The Bertz CT molecular complexity index is 3170. The first kappa shape index (κ1) is 63.9. The molecule has 0 atom stereocenters. The summed E-state index contributed by atoms with van der Waals surface area (Å²) in [5.74, 6) is -1.88. The van der Waals surface area contributed by atoms with Gasteiger partial charge in [0, 0.05) is 112 Å². The van der Waals surface area contributed by atoms with Crippen molar-refractivity contribution in [3.8, 4) is 5.75 Å². The molecule has 0 spiro atoms. The zero-order valence-corrected chi connectivity index (χ0v) is 48.8. The largest absolute Gasteiger partial charge is 0.519 e. The van der Waals surface area contributed by atoms with Crippen molar-refractivity contribution in [2.75, 3.05) is 100 Å². The maximum absolute atomic E-state index is 12.1. The standard InChI is InChI=1S/C19H22N4O.C16H22N4O2.C11H14N4.C10H18O5.C2HF3O2/c1-24-18-6-2-15(3-7-18)14-23-19-12-17(5-4-16(19)13-21-23)22-10-8-20-9-11-22;1-16(2,3)22-15(21)20-8-6-19(7-9-20)13-5-4-12-11-17-18-14(12)10-13;1-2-10(15-5-3-12-4-6-15)7-11-9(1)8-13-14-11;1-9(2,3)14-7(11)13-8(12)15-10(4,5)6;3-2(4,5)1(6)7/h2-7,12-13,20H,8-11,14H2,1H3;4-5,10-11H,6-9H2,1-3H3,(H,17,18);1-2,7-8,12H,3-6H2,(H,13,14);1-6H3;(H,6,7). The van der Waals surface area contributed by atoms with Gasteiger partial charge in [0.15, 0.2) is 0 Å². The second-order valence-electron chi connectivity index (χ2n) is 22.4. The van der Waals surface area contributed by atoms with Crippen LogP contribution in [0.3, 0.4) is 0 Å². The second kappa shape index (κ2) is 28.6. The molecule has 3 aliphatic rings. The fourth-order valence-electron chi connectivity index (χ4n) is 8.46. The topological polar surface area (TPSA) is 247 Å². The molecule has 0 saturated carbocycles. The number of piperazine rings is 3. The first-order chi connectivity index (χ1) is 39.1. The van der Waals surface area contributed by atoms with Gasteiger partial charge >= 0.3 is 30.5 Å². The van der Waals surface area contributed by atoms with Crippen LogP contribution in [0.4, 0.5) is 44.6 Å². The van der Waals surface area contributed by atoms with Crippen LogP contribution in [0.1, 0.15) is 67.9 Å². The summed E-state index contributed by atoms with van der Waals surface area (Å²) in [5.41, 5.74) is 6.43. The number of anilines is 3. The van der Waals surface area contributed by atoms with Crippen molar-refractivity contribution in [3.05, 3.63) is 103 Å². The number of halogens is 3. The number of hydrogen-bond acceptors (Lipinski definition) is 17. The lowest BCUT2D eigenvalue weighted by Gasteiger charge is -2.36. The molecule has 0 unspecified atom stereocenters. The highest BCUT2D eigenvalue weighted by atomic mass is 19.4. The average molecular weight is 1160 g/mol. The van der Waals surface area contributed by atoms with Crippen molar-refractivity contribution in [1.82, 2.24) is 45.7 Å². The summed E-state index contributed by atoms with van der Waals surface area (Å²) in [4.78, 5) is 51.9. The number of ether oxygens (including phenoxy) is 5. The summed E-state index contributed by atoms with van der Waals surface area (Å²) >= 11 is 0. The van der Waals surface area contributed by atoms with Gasteiger partial charge in [-0.1, -0.05) is 12.1 Å². The Hall–Kier alpha value is -8.32. The number of benzene rings is 4. The maximum atomic E-state index is 12.1. The molecule has 6 heterocycles. The van der Waals surface area contributed by atoms with Crippen molar-refractivity contribution in [2.45, 2.75) is 91.8 Å². The minimum absolute atomic E-state index is 0.226. The van der Waals surface area contributed by atoms with E-state index in [-0.39, 0.29) is 6.09 Å². The number of carbonyl (C=O) groups is 4. The van der Waals surface area contributed by atoms with Gasteiger partial charge in [-0.25, -0.2) is 19.2 Å². The molecule has 3 aromatic heterocycles. The van der Waals surface area contributed by atoms with Crippen molar-refractivity contribution >= 4 is 74.1 Å². The van der Waals surface area contributed by atoms with Crippen molar-refractivity contribution in [1.29, 1.82) is 0 Å². The van der Waals surface area contributed by atoms with Crippen LogP contribution in [0.2, 0.25) is 0 Å². The molecule has 450 valence electrons. The van der Waals surface area contributed by atoms with Crippen LogP contribution in [0.15, 0.2) is 97.5 Å². The van der Waals surface area contributed by atoms with Gasteiger partial charge in [0.1, 0.15) is 22.6 Å². The molecule has 7 aromatic rings. The Morgan fingerprint density at radius 2 is 0.976 bits per heavy atom. The van der Waals surface area contributed by atoms with Gasteiger partial charge in [0.05, 0.1) is 48.8 Å². The van der Waals surface area contributed by atoms with E-state index in [4.69, 9.17) is 28.8 Å². The number of nitrogens with one attached hydrogen (secondary N) is 4. The van der Waals surface area contributed by atoms with Crippen LogP contribution in [0.25, 0.3) is 32.7 Å². The van der Waals surface area contributed by atoms with Crippen molar-refractivity contribution in [2.24, 2.45) is 0 Å². The summed E-state index contributed by atoms with van der Waals surface area (Å²) in [6, 6.07) is 27.5. The van der Waals surface area contributed by atoms with Gasteiger partial charge in [-0.15, -0.1) is 0 Å². The number of carboxylic acid groups (broad SMARTS) is 1. The lowest BCUT2D eigenvalue weighted by molar-refractivity contribution is -0.192. The number of carboxylic acids is 1. The molecule has 5 N–H and O–H groups in total. The highest BCUT2D eigenvalue weighted by Gasteiger charge is 2.38. The number of methoxy groups -OCH3 is 1. The summed E-state index contributed by atoms with van der Waals surface area (Å²) in [7, 11) is 1.69. The molecule has 4 aromatic carbocycles. The molecule has 3 saturated heterocycles. The minimum Gasteiger partial charge on any atom is -0.497 e. The van der Waals surface area contributed by atoms with Gasteiger partial charge in [-0.05, 0) is 135 Å². The zero-order valence-electron chi connectivity index (χ0n) is 48.8. The van der Waals surface area contributed by atoms with E-state index in [1.165, 1.54) is 33.2 Å². The van der Waals surface area contributed by atoms with Gasteiger partial charge in [-0.2, -0.15) is 28.5 Å². The smallest absolute Gasteiger partial charge is 0.497 e. The molecule has 10 rings (SSSR count). The zero-order chi connectivity index (χ0) is 60.5. The van der Waals surface area contributed by atoms with Gasteiger partial charge in [-0.3, -0.25) is 14.9 Å². The average Bonchev–Trinajstić information content (AvgIpc) is 4.02. The van der Waals surface area contributed by atoms with E-state index in [1.54, 1.807) is 53.6 Å². The highest BCUT2D eigenvalue weighted by Crippen LogP contribution is 2.26. The molecular weight excluding hydrogens is 1080 g/mol. The number of nitrogens with zero attached hydrogens (tertiary/aromatic N) is 8. The van der Waals surface area contributed by atoms with Crippen LogP contribution in [-0.2, 0) is 30.3 Å². The number of hydrogen-bond donors (Lipinski definition) is 5. The monoisotopic (exact) mass is 1160 g/mol. The summed E-state index contributed by atoms with van der Waals surface area (Å²) in [6.45, 7) is 27.9. The van der Waals surface area contributed by atoms with Crippen molar-refractivity contribution in [3.63, 3.8) is 0 Å². The van der Waals surface area contributed by atoms with Gasteiger partial charge in [0.25, 0.3) is 0 Å². The number of aromatic amines is 2.